The molecule has 0 bridgehead atoms. The lowest BCUT2D eigenvalue weighted by molar-refractivity contribution is 0.224. The number of halogens is 1. The van der Waals surface area contributed by atoms with Gasteiger partial charge in [-0.1, -0.05) is 17.7 Å². The number of aryl methyl sites for hydroxylation is 2. The molecule has 0 radical (unpaired) electrons. The van der Waals surface area contributed by atoms with Gasteiger partial charge >= 0.3 is 0 Å². The summed E-state index contributed by atoms with van der Waals surface area (Å²) in [5.41, 5.74) is 2.71. The van der Waals surface area contributed by atoms with Crippen molar-refractivity contribution >= 4 is 22.9 Å². The molecule has 2 rings (SSSR count). The second-order valence-electron chi connectivity index (χ2n) is 3.73. The quantitative estimate of drug-likeness (QED) is 0.889. The van der Waals surface area contributed by atoms with E-state index in [1.54, 1.807) is 6.20 Å². The molecule has 1 unspecified atom stereocenters. The van der Waals surface area contributed by atoms with Crippen molar-refractivity contribution in [3.05, 3.63) is 50.4 Å². The third-order valence-electron chi connectivity index (χ3n) is 2.42. The summed E-state index contributed by atoms with van der Waals surface area (Å²) in [5, 5.41) is 12.8. The van der Waals surface area contributed by atoms with Crippen LogP contribution in [0.15, 0.2) is 23.7 Å². The summed E-state index contributed by atoms with van der Waals surface area (Å²) in [6.07, 6.45) is 1.00. The molecule has 0 saturated heterocycles. The van der Waals surface area contributed by atoms with Gasteiger partial charge in [0.2, 0.25) is 0 Å². The van der Waals surface area contributed by atoms with Gasteiger partial charge in [0.1, 0.15) is 6.10 Å². The molecular formula is C12H12ClNOS. The Morgan fingerprint density at radius 1 is 1.38 bits per heavy atom. The standard InChI is InChI=1S/C12H12ClNOS/c1-7-6-16-12(10(7)13)11(15)9-4-3-8(2)14-5-9/h3-6,11,15H,1-2H3. The molecule has 2 aromatic rings. The van der Waals surface area contributed by atoms with Crippen LogP contribution in [0, 0.1) is 13.8 Å². The summed E-state index contributed by atoms with van der Waals surface area (Å²) in [6, 6.07) is 3.76. The van der Waals surface area contributed by atoms with Gasteiger partial charge in [-0.05, 0) is 30.9 Å². The van der Waals surface area contributed by atoms with Crippen LogP contribution in [0.25, 0.3) is 0 Å². The van der Waals surface area contributed by atoms with E-state index in [1.165, 1.54) is 11.3 Å². The van der Waals surface area contributed by atoms with Crippen LogP contribution in [0.5, 0.6) is 0 Å². The van der Waals surface area contributed by atoms with Gasteiger partial charge in [-0.25, -0.2) is 0 Å². The number of hydrogen-bond donors (Lipinski definition) is 1. The maximum atomic E-state index is 10.2. The first-order chi connectivity index (χ1) is 7.59. The molecule has 2 nitrogen and oxygen atoms in total. The third-order valence-corrected chi connectivity index (χ3v) is 4.19. The minimum absolute atomic E-state index is 0.651. The molecule has 0 aliphatic heterocycles. The Balaban J connectivity index is 2.35. The number of nitrogens with zero attached hydrogens (tertiary/aromatic N) is 1. The van der Waals surface area contributed by atoms with Crippen molar-refractivity contribution in [2.75, 3.05) is 0 Å². The van der Waals surface area contributed by atoms with Crippen molar-refractivity contribution in [1.29, 1.82) is 0 Å². The lowest BCUT2D eigenvalue weighted by atomic mass is 10.1. The van der Waals surface area contributed by atoms with Crippen molar-refractivity contribution in [3.8, 4) is 0 Å². The zero-order valence-electron chi connectivity index (χ0n) is 9.07. The molecule has 84 valence electrons. The van der Waals surface area contributed by atoms with Crippen LogP contribution in [0.4, 0.5) is 0 Å². The van der Waals surface area contributed by atoms with Crippen molar-refractivity contribution in [2.45, 2.75) is 20.0 Å². The largest absolute Gasteiger partial charge is 0.383 e. The van der Waals surface area contributed by atoms with Gasteiger partial charge in [-0.3, -0.25) is 4.98 Å². The van der Waals surface area contributed by atoms with E-state index in [0.717, 1.165) is 21.7 Å². The van der Waals surface area contributed by atoms with Crippen molar-refractivity contribution in [1.82, 2.24) is 4.98 Å². The van der Waals surface area contributed by atoms with Crippen LogP contribution in [0.1, 0.15) is 27.8 Å². The summed E-state index contributed by atoms with van der Waals surface area (Å²) in [4.78, 5) is 4.95. The molecule has 0 spiro atoms. The van der Waals surface area contributed by atoms with Crippen LogP contribution in [-0.4, -0.2) is 10.1 Å². The van der Waals surface area contributed by atoms with Crippen LogP contribution < -0.4 is 0 Å². The maximum absolute atomic E-state index is 10.2. The Kier molecular flexibility index (Phi) is 3.28. The smallest absolute Gasteiger partial charge is 0.116 e. The molecule has 0 aromatic carbocycles. The van der Waals surface area contributed by atoms with Crippen LogP contribution in [-0.2, 0) is 0 Å². The van der Waals surface area contributed by atoms with E-state index >= 15 is 0 Å². The van der Waals surface area contributed by atoms with Crippen LogP contribution in [0.3, 0.4) is 0 Å². The van der Waals surface area contributed by atoms with Gasteiger partial charge in [-0.15, -0.1) is 11.3 Å². The van der Waals surface area contributed by atoms with Gasteiger partial charge in [0.15, 0.2) is 0 Å². The highest BCUT2D eigenvalue weighted by molar-refractivity contribution is 7.10. The van der Waals surface area contributed by atoms with Crippen LogP contribution in [0.2, 0.25) is 5.02 Å². The minimum Gasteiger partial charge on any atom is -0.383 e. The van der Waals surface area contributed by atoms with Crippen molar-refractivity contribution in [3.63, 3.8) is 0 Å². The lowest BCUT2D eigenvalue weighted by Crippen LogP contribution is -1.99. The fourth-order valence-corrected chi connectivity index (χ4v) is 2.73. The number of hydrogen-bond acceptors (Lipinski definition) is 3. The summed E-state index contributed by atoms with van der Waals surface area (Å²) in [5.74, 6) is 0. The van der Waals surface area contributed by atoms with E-state index in [1.807, 2.05) is 31.4 Å². The number of aromatic nitrogens is 1. The molecule has 0 saturated carbocycles. The molecule has 2 heterocycles. The second kappa shape index (κ2) is 4.53. The molecule has 4 heteroatoms. The normalized spacial score (nSPS) is 12.8. The number of rotatable bonds is 2. The van der Waals surface area contributed by atoms with E-state index in [-0.39, 0.29) is 0 Å². The Morgan fingerprint density at radius 3 is 2.62 bits per heavy atom. The van der Waals surface area contributed by atoms with Gasteiger partial charge < -0.3 is 5.11 Å². The Labute approximate surface area is 104 Å². The summed E-state index contributed by atoms with van der Waals surface area (Å²) >= 11 is 7.59. The summed E-state index contributed by atoms with van der Waals surface area (Å²) in [6.45, 7) is 3.85. The van der Waals surface area contributed by atoms with Crippen molar-refractivity contribution < 1.29 is 5.11 Å². The average molecular weight is 254 g/mol. The molecule has 2 aromatic heterocycles. The maximum Gasteiger partial charge on any atom is 0.116 e. The number of thiophene rings is 1. The van der Waals surface area contributed by atoms with Crippen LogP contribution >= 0.6 is 22.9 Å². The zero-order chi connectivity index (χ0) is 11.7. The molecule has 1 N–H and O–H groups in total. The molecule has 0 fully saturated rings. The van der Waals surface area contributed by atoms with Gasteiger partial charge in [0.05, 0.1) is 9.90 Å². The second-order valence-corrected chi connectivity index (χ2v) is 5.02. The lowest BCUT2D eigenvalue weighted by Gasteiger charge is -2.09. The van der Waals surface area contributed by atoms with E-state index < -0.39 is 6.10 Å². The highest BCUT2D eigenvalue weighted by atomic mass is 35.5. The predicted octanol–water partition coefficient (Wildman–Crippen LogP) is 3.50. The summed E-state index contributed by atoms with van der Waals surface area (Å²) in [7, 11) is 0. The molecule has 0 amide bonds. The fraction of sp³-hybridized carbons (Fsp3) is 0.250. The number of aliphatic hydroxyl groups is 1. The fourth-order valence-electron chi connectivity index (χ4n) is 1.43. The van der Waals surface area contributed by atoms with E-state index in [0.29, 0.717) is 5.02 Å². The average Bonchev–Trinajstić information content (AvgIpc) is 2.60. The first-order valence-corrected chi connectivity index (χ1v) is 6.19. The summed E-state index contributed by atoms with van der Waals surface area (Å²) < 4.78 is 0. The molecule has 1 atom stereocenters. The van der Waals surface area contributed by atoms with E-state index in [9.17, 15) is 5.11 Å². The van der Waals surface area contributed by atoms with Gasteiger partial charge in [0, 0.05) is 17.5 Å². The highest BCUT2D eigenvalue weighted by Gasteiger charge is 2.17. The monoisotopic (exact) mass is 253 g/mol. The Bertz CT molecular complexity index is 492. The Hall–Kier alpha value is -0.900. The minimum atomic E-state index is -0.681. The predicted molar refractivity (Wildman–Crippen MR) is 67.1 cm³/mol. The molecule has 0 aliphatic rings. The highest BCUT2D eigenvalue weighted by Crippen LogP contribution is 2.35. The molecule has 16 heavy (non-hydrogen) atoms. The topological polar surface area (TPSA) is 33.1 Å². The zero-order valence-corrected chi connectivity index (χ0v) is 10.6. The number of pyridine rings is 1. The molecular weight excluding hydrogens is 242 g/mol. The van der Waals surface area contributed by atoms with E-state index in [4.69, 9.17) is 11.6 Å². The van der Waals surface area contributed by atoms with E-state index in [2.05, 4.69) is 4.98 Å². The SMILES string of the molecule is Cc1ccc(C(O)c2scc(C)c2Cl)cn1. The third kappa shape index (κ3) is 2.12. The van der Waals surface area contributed by atoms with Gasteiger partial charge in [-0.2, -0.15) is 0 Å². The first-order valence-electron chi connectivity index (χ1n) is 4.93. The van der Waals surface area contributed by atoms with Gasteiger partial charge in [0.25, 0.3) is 0 Å². The Morgan fingerprint density at radius 2 is 2.12 bits per heavy atom. The van der Waals surface area contributed by atoms with Crippen molar-refractivity contribution in [2.24, 2.45) is 0 Å². The molecule has 0 aliphatic carbocycles. The number of aliphatic hydroxyl groups excluding tert-OH is 1. The first kappa shape index (κ1) is 11.6.